The molecule has 0 bridgehead atoms. The van der Waals surface area contributed by atoms with E-state index in [0.29, 0.717) is 6.42 Å². The van der Waals surface area contributed by atoms with E-state index < -0.39 is 23.7 Å². The van der Waals surface area contributed by atoms with Gasteiger partial charge >= 0.3 is 0 Å². The molecule has 2 amide bonds. The molecule has 2 rings (SSSR count). The Balaban J connectivity index is 2.08. The Morgan fingerprint density at radius 1 is 1.09 bits per heavy atom. The molecule has 0 spiro atoms. The molecule has 0 fully saturated rings. The van der Waals surface area contributed by atoms with E-state index >= 15 is 0 Å². The lowest BCUT2D eigenvalue weighted by Crippen LogP contribution is -2.45. The molecule has 0 aliphatic rings. The molecule has 0 unspecified atom stereocenters. The van der Waals surface area contributed by atoms with Gasteiger partial charge < -0.3 is 11.1 Å². The van der Waals surface area contributed by atoms with Crippen molar-refractivity contribution in [3.63, 3.8) is 0 Å². The monoisotopic (exact) mass is 412 g/mol. The van der Waals surface area contributed by atoms with Gasteiger partial charge in [-0.2, -0.15) is 0 Å². The van der Waals surface area contributed by atoms with E-state index in [9.17, 15) is 14.0 Å². The van der Waals surface area contributed by atoms with Gasteiger partial charge in [-0.25, -0.2) is 4.39 Å². The van der Waals surface area contributed by atoms with Crippen molar-refractivity contribution in [3.05, 3.63) is 69.0 Å². The average molecular weight is 412 g/mol. The van der Waals surface area contributed by atoms with Gasteiger partial charge in [-0.1, -0.05) is 12.1 Å². The number of primary amides is 1. The van der Waals surface area contributed by atoms with Crippen molar-refractivity contribution < 1.29 is 14.0 Å². The molecule has 0 saturated carbocycles. The predicted molar refractivity (Wildman–Crippen MR) is 89.7 cm³/mol. The summed E-state index contributed by atoms with van der Waals surface area (Å²) in [5, 5.41) is 2.58. The smallest absolute Gasteiger partial charge is 0.251 e. The highest BCUT2D eigenvalue weighted by Crippen LogP contribution is 2.10. The van der Waals surface area contributed by atoms with E-state index in [1.807, 2.05) is 24.3 Å². The lowest BCUT2D eigenvalue weighted by Gasteiger charge is -2.15. The maximum Gasteiger partial charge on any atom is 0.251 e. The van der Waals surface area contributed by atoms with Crippen molar-refractivity contribution in [2.75, 3.05) is 0 Å². The van der Waals surface area contributed by atoms with Gasteiger partial charge in [0, 0.05) is 15.6 Å². The topological polar surface area (TPSA) is 72.2 Å². The molecule has 0 aromatic heterocycles. The highest BCUT2D eigenvalue weighted by Gasteiger charge is 2.19. The van der Waals surface area contributed by atoms with Crippen molar-refractivity contribution >= 4 is 34.4 Å². The standard InChI is InChI=1S/C16H14FIN2O2/c17-12-5-3-11(4-6-12)16(22)20-14(15(19)21)9-10-1-7-13(18)8-2-10/h1-8,14H,9H2,(H2,19,21)(H,20,22)/t14-/m1/s1. The number of carbonyl (C=O) groups excluding carboxylic acids is 2. The minimum atomic E-state index is -0.822. The Kier molecular flexibility index (Phi) is 5.48. The Morgan fingerprint density at radius 2 is 1.68 bits per heavy atom. The van der Waals surface area contributed by atoms with Gasteiger partial charge in [0.05, 0.1) is 0 Å². The molecule has 4 nitrogen and oxygen atoms in total. The van der Waals surface area contributed by atoms with Crippen LogP contribution in [0.1, 0.15) is 15.9 Å². The van der Waals surface area contributed by atoms with Crippen LogP contribution in [0.15, 0.2) is 48.5 Å². The molecule has 1 atom stereocenters. The molecular formula is C16H14FIN2O2. The third-order valence-corrected chi connectivity index (χ3v) is 3.83. The first-order valence-electron chi connectivity index (χ1n) is 6.56. The van der Waals surface area contributed by atoms with E-state index in [1.165, 1.54) is 24.3 Å². The van der Waals surface area contributed by atoms with Crippen molar-refractivity contribution in [1.82, 2.24) is 5.32 Å². The molecule has 0 heterocycles. The number of hydrogen-bond donors (Lipinski definition) is 2. The van der Waals surface area contributed by atoms with Crippen LogP contribution in [0, 0.1) is 9.39 Å². The van der Waals surface area contributed by atoms with Gasteiger partial charge in [0.15, 0.2) is 0 Å². The van der Waals surface area contributed by atoms with Crippen LogP contribution in [0.4, 0.5) is 4.39 Å². The summed E-state index contributed by atoms with van der Waals surface area (Å²) >= 11 is 2.18. The van der Waals surface area contributed by atoms with Crippen molar-refractivity contribution in [1.29, 1.82) is 0 Å². The molecule has 114 valence electrons. The van der Waals surface area contributed by atoms with Gasteiger partial charge in [-0.05, 0) is 64.6 Å². The summed E-state index contributed by atoms with van der Waals surface area (Å²) in [5.41, 5.74) is 6.52. The van der Waals surface area contributed by atoms with E-state index in [2.05, 4.69) is 27.9 Å². The number of benzene rings is 2. The largest absolute Gasteiger partial charge is 0.368 e. The quantitative estimate of drug-likeness (QED) is 0.740. The fraction of sp³-hybridized carbons (Fsp3) is 0.125. The minimum Gasteiger partial charge on any atom is -0.368 e. The maximum absolute atomic E-state index is 12.9. The summed E-state index contributed by atoms with van der Waals surface area (Å²) in [6, 6.07) is 11.8. The van der Waals surface area contributed by atoms with Crippen molar-refractivity contribution in [2.24, 2.45) is 5.73 Å². The molecule has 0 saturated heterocycles. The number of hydrogen-bond acceptors (Lipinski definition) is 2. The van der Waals surface area contributed by atoms with Gasteiger partial charge in [0.1, 0.15) is 11.9 Å². The molecule has 0 radical (unpaired) electrons. The fourth-order valence-corrected chi connectivity index (χ4v) is 2.28. The van der Waals surface area contributed by atoms with E-state index in [1.54, 1.807) is 0 Å². The van der Waals surface area contributed by atoms with Gasteiger partial charge in [0.2, 0.25) is 5.91 Å². The molecule has 3 N–H and O–H groups in total. The number of amides is 2. The molecule has 6 heteroatoms. The number of rotatable bonds is 5. The summed E-state index contributed by atoms with van der Waals surface area (Å²) < 4.78 is 13.9. The van der Waals surface area contributed by atoms with Gasteiger partial charge in [-0.3, -0.25) is 9.59 Å². The molecule has 2 aromatic carbocycles. The third-order valence-electron chi connectivity index (χ3n) is 3.11. The van der Waals surface area contributed by atoms with E-state index in [-0.39, 0.29) is 5.56 Å². The third kappa shape index (κ3) is 4.52. The van der Waals surface area contributed by atoms with Gasteiger partial charge in [-0.15, -0.1) is 0 Å². The van der Waals surface area contributed by atoms with Crippen LogP contribution < -0.4 is 11.1 Å². The van der Waals surface area contributed by atoms with Crippen molar-refractivity contribution in [3.8, 4) is 0 Å². The fourth-order valence-electron chi connectivity index (χ4n) is 1.92. The zero-order valence-corrected chi connectivity index (χ0v) is 13.7. The number of carbonyl (C=O) groups is 2. The summed E-state index contributed by atoms with van der Waals surface area (Å²) in [4.78, 5) is 23.6. The van der Waals surface area contributed by atoms with Crippen LogP contribution in [0.3, 0.4) is 0 Å². The van der Waals surface area contributed by atoms with Crippen LogP contribution >= 0.6 is 22.6 Å². The first-order valence-corrected chi connectivity index (χ1v) is 7.64. The second-order valence-electron chi connectivity index (χ2n) is 4.77. The maximum atomic E-state index is 12.9. The number of halogens is 2. The second-order valence-corrected chi connectivity index (χ2v) is 6.01. The zero-order valence-electron chi connectivity index (χ0n) is 11.6. The molecule has 0 aliphatic carbocycles. The predicted octanol–water partition coefficient (Wildman–Crippen LogP) is 2.26. The summed E-state index contributed by atoms with van der Waals surface area (Å²) in [7, 11) is 0. The van der Waals surface area contributed by atoms with Crippen LogP contribution in [0.5, 0.6) is 0 Å². The normalized spacial score (nSPS) is 11.7. The Bertz CT molecular complexity index is 672. The lowest BCUT2D eigenvalue weighted by molar-refractivity contribution is -0.119. The number of nitrogens with one attached hydrogen (secondary N) is 1. The summed E-state index contributed by atoms with van der Waals surface area (Å²) in [5.74, 6) is -1.51. The van der Waals surface area contributed by atoms with Crippen LogP contribution in [-0.4, -0.2) is 17.9 Å². The van der Waals surface area contributed by atoms with E-state index in [4.69, 9.17) is 5.73 Å². The second kappa shape index (κ2) is 7.35. The first kappa shape index (κ1) is 16.4. The zero-order chi connectivity index (χ0) is 16.1. The lowest BCUT2D eigenvalue weighted by atomic mass is 10.0. The van der Waals surface area contributed by atoms with Crippen LogP contribution in [0.2, 0.25) is 0 Å². The highest BCUT2D eigenvalue weighted by molar-refractivity contribution is 14.1. The van der Waals surface area contributed by atoms with Crippen LogP contribution in [-0.2, 0) is 11.2 Å². The van der Waals surface area contributed by atoms with E-state index in [0.717, 1.165) is 9.13 Å². The number of nitrogens with two attached hydrogens (primary N) is 1. The van der Waals surface area contributed by atoms with Gasteiger partial charge in [0.25, 0.3) is 5.91 Å². The summed E-state index contributed by atoms with van der Waals surface area (Å²) in [6.45, 7) is 0. The SMILES string of the molecule is NC(=O)[C@@H](Cc1ccc(I)cc1)NC(=O)c1ccc(F)cc1. The average Bonchev–Trinajstić information content (AvgIpc) is 2.49. The first-order chi connectivity index (χ1) is 10.5. The Morgan fingerprint density at radius 3 is 2.23 bits per heavy atom. The molecular weight excluding hydrogens is 398 g/mol. The highest BCUT2D eigenvalue weighted by atomic mass is 127. The molecule has 0 aliphatic heterocycles. The van der Waals surface area contributed by atoms with Crippen LogP contribution in [0.25, 0.3) is 0 Å². The minimum absolute atomic E-state index is 0.273. The molecule has 22 heavy (non-hydrogen) atoms. The Labute approximate surface area is 141 Å². The van der Waals surface area contributed by atoms with Crippen molar-refractivity contribution in [2.45, 2.75) is 12.5 Å². The molecule has 2 aromatic rings. The Hall–Kier alpha value is -1.96. The summed E-state index contributed by atoms with van der Waals surface area (Å²) in [6.07, 6.45) is 0.305.